The summed E-state index contributed by atoms with van der Waals surface area (Å²) in [5, 5.41) is 2.77. The topological polar surface area (TPSA) is 55.4 Å². The van der Waals surface area contributed by atoms with Crippen LogP contribution >= 0.6 is 0 Å². The summed E-state index contributed by atoms with van der Waals surface area (Å²) in [5.74, 6) is -1.47. The standard InChI is InChI=1S/C16H21FN2O3S.Y/c1-5-22-14(20)12-9-11(17)8-10(2)13(12)18-15(21)16(6-7-16)19(3,4)23;/h8-9H,5-7H2,1-4H3,(H,18,21);. The zero-order chi connectivity index (χ0) is 17.4. The van der Waals surface area contributed by atoms with Crippen molar-refractivity contribution in [2.75, 3.05) is 26.0 Å². The number of nitrogens with one attached hydrogen (secondary N) is 1. The van der Waals surface area contributed by atoms with Gasteiger partial charge in [-0.1, -0.05) is 0 Å². The first-order valence-corrected chi connectivity index (χ1v) is 7.82. The van der Waals surface area contributed by atoms with Crippen molar-refractivity contribution >= 4 is 30.4 Å². The fraction of sp³-hybridized carbons (Fsp3) is 0.500. The summed E-state index contributed by atoms with van der Waals surface area (Å²) in [6, 6.07) is 2.35. The SMILES string of the molecule is CCOC(=O)c1cc(F)cc(C)c1NC(=O)C1([N+](C)(C)[S-])CC1.[Y]. The van der Waals surface area contributed by atoms with Crippen molar-refractivity contribution in [3.05, 3.63) is 29.1 Å². The van der Waals surface area contributed by atoms with Gasteiger partial charge < -0.3 is 26.8 Å². The van der Waals surface area contributed by atoms with Crippen LogP contribution < -0.4 is 5.32 Å². The molecule has 1 aromatic rings. The van der Waals surface area contributed by atoms with Gasteiger partial charge >= 0.3 is 5.97 Å². The molecule has 24 heavy (non-hydrogen) atoms. The quantitative estimate of drug-likeness (QED) is 0.444. The first-order chi connectivity index (χ1) is 10.6. The van der Waals surface area contributed by atoms with Gasteiger partial charge in [0.1, 0.15) is 5.82 Å². The summed E-state index contributed by atoms with van der Waals surface area (Å²) in [4.78, 5) is 24.7. The van der Waals surface area contributed by atoms with Crippen LogP contribution in [0, 0.1) is 12.7 Å². The Morgan fingerprint density at radius 1 is 1.38 bits per heavy atom. The van der Waals surface area contributed by atoms with Gasteiger partial charge in [0.2, 0.25) is 0 Å². The van der Waals surface area contributed by atoms with E-state index < -0.39 is 17.3 Å². The van der Waals surface area contributed by atoms with Crippen LogP contribution in [0.5, 0.6) is 0 Å². The Balaban J connectivity index is 0.00000288. The van der Waals surface area contributed by atoms with E-state index in [9.17, 15) is 14.0 Å². The third-order valence-electron chi connectivity index (χ3n) is 4.21. The number of hydrogen-bond donors (Lipinski definition) is 1. The van der Waals surface area contributed by atoms with Crippen LogP contribution in [-0.4, -0.2) is 42.0 Å². The molecule has 0 aromatic heterocycles. The van der Waals surface area contributed by atoms with Gasteiger partial charge in [-0.25, -0.2) is 9.18 Å². The molecular weight excluding hydrogens is 408 g/mol. The number of carbonyl (C=O) groups excluding carboxylic acids is 2. The maximum atomic E-state index is 13.6. The minimum absolute atomic E-state index is 0. The Labute approximate surface area is 172 Å². The Morgan fingerprint density at radius 2 is 1.96 bits per heavy atom. The second-order valence-corrected chi connectivity index (χ2v) is 7.12. The molecule has 0 heterocycles. The van der Waals surface area contributed by atoms with E-state index in [0.29, 0.717) is 18.4 Å². The number of hydrogen-bond acceptors (Lipinski definition) is 4. The van der Waals surface area contributed by atoms with E-state index in [1.54, 1.807) is 27.9 Å². The minimum atomic E-state index is -0.678. The second-order valence-electron chi connectivity index (χ2n) is 6.20. The molecule has 0 unspecified atom stereocenters. The number of nitrogens with zero attached hydrogens (tertiary/aromatic N) is 1. The molecule has 8 heteroatoms. The fourth-order valence-corrected chi connectivity index (χ4v) is 2.90. The number of halogens is 1. The van der Waals surface area contributed by atoms with E-state index in [-0.39, 0.29) is 60.4 Å². The molecule has 0 bridgehead atoms. The Morgan fingerprint density at radius 3 is 2.42 bits per heavy atom. The van der Waals surface area contributed by atoms with Crippen LogP contribution in [0.4, 0.5) is 10.1 Å². The average molecular weight is 429 g/mol. The summed E-state index contributed by atoms with van der Waals surface area (Å²) in [5.41, 5.74) is 0.0851. The van der Waals surface area contributed by atoms with Crippen molar-refractivity contribution < 1.29 is 55.3 Å². The molecule has 1 aliphatic rings. The van der Waals surface area contributed by atoms with Crippen LogP contribution in [-0.2, 0) is 55.1 Å². The molecule has 1 saturated carbocycles. The number of ether oxygens (including phenoxy) is 1. The summed E-state index contributed by atoms with van der Waals surface area (Å²) in [7, 11) is 3.57. The number of likely N-dealkylation sites (N-methyl/N-ethyl adjacent to an activating group) is 1. The number of aryl methyl sites for hydroxylation is 1. The largest absolute Gasteiger partial charge is 0.494 e. The van der Waals surface area contributed by atoms with Gasteiger partial charge in [0.05, 0.1) is 32.0 Å². The minimum Gasteiger partial charge on any atom is -0.494 e. The van der Waals surface area contributed by atoms with E-state index >= 15 is 0 Å². The van der Waals surface area contributed by atoms with Crippen molar-refractivity contribution in [3.63, 3.8) is 0 Å². The molecule has 0 atom stereocenters. The van der Waals surface area contributed by atoms with Crippen LogP contribution in [0.15, 0.2) is 12.1 Å². The molecule has 5 nitrogen and oxygen atoms in total. The number of benzene rings is 1. The first-order valence-electron chi connectivity index (χ1n) is 7.46. The average Bonchev–Trinajstić information content (AvgIpc) is 3.22. The zero-order valence-corrected chi connectivity index (χ0v) is 18.0. The van der Waals surface area contributed by atoms with Crippen molar-refractivity contribution in [3.8, 4) is 0 Å². The number of rotatable bonds is 5. The van der Waals surface area contributed by atoms with Gasteiger partial charge in [0.15, 0.2) is 5.54 Å². The van der Waals surface area contributed by atoms with Crippen LogP contribution in [0.1, 0.15) is 35.7 Å². The van der Waals surface area contributed by atoms with E-state index in [2.05, 4.69) is 5.32 Å². The summed E-state index contributed by atoms with van der Waals surface area (Å²) >= 11 is 5.38. The van der Waals surface area contributed by atoms with Crippen molar-refractivity contribution in [2.45, 2.75) is 32.2 Å². The number of anilines is 1. The smallest absolute Gasteiger partial charge is 0.340 e. The Hall–Kier alpha value is -0.496. The summed E-state index contributed by atoms with van der Waals surface area (Å²) in [6.07, 6.45) is 1.37. The van der Waals surface area contributed by atoms with E-state index in [4.69, 9.17) is 17.6 Å². The number of quaternary nitrogens is 1. The molecule has 1 N–H and O–H groups in total. The molecule has 1 fully saturated rings. The number of esters is 1. The van der Waals surface area contributed by atoms with Crippen LogP contribution in [0.25, 0.3) is 0 Å². The number of amides is 1. The second kappa shape index (κ2) is 7.81. The van der Waals surface area contributed by atoms with Crippen molar-refractivity contribution in [1.29, 1.82) is 0 Å². The predicted octanol–water partition coefficient (Wildman–Crippen LogP) is 2.32. The molecule has 1 aromatic carbocycles. The van der Waals surface area contributed by atoms with Crippen LogP contribution in [0.3, 0.4) is 0 Å². The predicted molar refractivity (Wildman–Crippen MR) is 87.2 cm³/mol. The third kappa shape index (κ3) is 4.18. The van der Waals surface area contributed by atoms with Gasteiger partial charge in [-0.2, -0.15) is 0 Å². The molecule has 2 rings (SSSR count). The molecular formula is C16H21FN2O3SY. The molecule has 0 spiro atoms. The molecule has 1 amide bonds. The Kier molecular flexibility index (Phi) is 7.01. The normalized spacial score (nSPS) is 15.2. The molecule has 1 radical (unpaired) electrons. The van der Waals surface area contributed by atoms with Gasteiger partial charge in [-0.05, 0) is 31.5 Å². The Bertz CT molecular complexity index is 657. The van der Waals surface area contributed by atoms with Gasteiger partial charge in [-0.3, -0.25) is 4.79 Å². The molecule has 129 valence electrons. The van der Waals surface area contributed by atoms with Gasteiger partial charge in [-0.15, -0.1) is 0 Å². The van der Waals surface area contributed by atoms with Crippen LogP contribution in [0.2, 0.25) is 0 Å². The third-order valence-corrected chi connectivity index (χ3v) is 4.56. The maximum absolute atomic E-state index is 13.6. The maximum Gasteiger partial charge on any atom is 0.340 e. The van der Waals surface area contributed by atoms with E-state index in [1.165, 1.54) is 6.07 Å². The zero-order valence-electron chi connectivity index (χ0n) is 14.3. The van der Waals surface area contributed by atoms with Crippen molar-refractivity contribution in [2.24, 2.45) is 0 Å². The van der Waals surface area contributed by atoms with Gasteiger partial charge in [0, 0.05) is 45.6 Å². The summed E-state index contributed by atoms with van der Waals surface area (Å²) in [6.45, 7) is 3.47. The molecule has 0 aliphatic heterocycles. The first kappa shape index (κ1) is 21.5. The summed E-state index contributed by atoms with van der Waals surface area (Å²) < 4.78 is 18.7. The number of carbonyl (C=O) groups is 2. The van der Waals surface area contributed by atoms with E-state index in [0.717, 1.165) is 6.07 Å². The monoisotopic (exact) mass is 429 g/mol. The molecule has 0 saturated heterocycles. The fourth-order valence-electron chi connectivity index (χ4n) is 2.64. The van der Waals surface area contributed by atoms with E-state index in [1.807, 2.05) is 0 Å². The van der Waals surface area contributed by atoms with Crippen molar-refractivity contribution in [1.82, 2.24) is 0 Å². The molecule has 1 aliphatic carbocycles. The van der Waals surface area contributed by atoms with Gasteiger partial charge in [0.25, 0.3) is 5.91 Å².